The van der Waals surface area contributed by atoms with Gasteiger partial charge in [0.1, 0.15) is 6.04 Å². The molecule has 0 bridgehead atoms. The zero-order chi connectivity index (χ0) is 14.0. The van der Waals surface area contributed by atoms with Crippen LogP contribution < -0.4 is 0 Å². The van der Waals surface area contributed by atoms with Gasteiger partial charge in [0.05, 0.1) is 12.5 Å². The van der Waals surface area contributed by atoms with E-state index in [1.54, 1.807) is 11.8 Å². The van der Waals surface area contributed by atoms with Crippen molar-refractivity contribution in [3.63, 3.8) is 0 Å². The first kappa shape index (κ1) is 14.0. The maximum absolute atomic E-state index is 12.2. The molecule has 0 saturated carbocycles. The highest BCUT2D eigenvalue weighted by Crippen LogP contribution is 2.15. The van der Waals surface area contributed by atoms with E-state index in [0.717, 1.165) is 0 Å². The number of carbonyl (C=O) groups is 1. The predicted octanol–water partition coefficient (Wildman–Crippen LogP) is -0.811. The van der Waals surface area contributed by atoms with Crippen molar-refractivity contribution in [2.75, 3.05) is 26.2 Å². The summed E-state index contributed by atoms with van der Waals surface area (Å²) in [7, 11) is -3.55. The number of aliphatic carboxylic acids is 1. The fourth-order valence-corrected chi connectivity index (χ4v) is 3.33. The zero-order valence-electron chi connectivity index (χ0n) is 10.5. The van der Waals surface area contributed by atoms with Gasteiger partial charge in [0.25, 0.3) is 10.0 Å². The Morgan fingerprint density at radius 1 is 1.42 bits per heavy atom. The molecule has 0 spiro atoms. The Kier molecular flexibility index (Phi) is 3.88. The highest BCUT2D eigenvalue weighted by atomic mass is 32.2. The molecule has 1 aromatic heterocycles. The average Bonchev–Trinajstić information content (AvgIpc) is 2.92. The molecule has 0 aliphatic carbocycles. The van der Waals surface area contributed by atoms with E-state index in [9.17, 15) is 13.2 Å². The normalized spacial score (nSPS) is 20.3. The second kappa shape index (κ2) is 5.27. The van der Waals surface area contributed by atoms with Gasteiger partial charge in [0.15, 0.2) is 5.03 Å². The SMILES string of the molecule is CC(C(=O)O)N1CCN(S(=O)(=O)c2cnc[nH]2)CC1. The van der Waals surface area contributed by atoms with Crippen molar-refractivity contribution in [1.82, 2.24) is 19.2 Å². The van der Waals surface area contributed by atoms with Crippen molar-refractivity contribution in [2.24, 2.45) is 0 Å². The maximum Gasteiger partial charge on any atom is 0.320 e. The lowest BCUT2D eigenvalue weighted by molar-refractivity contribution is -0.143. The van der Waals surface area contributed by atoms with E-state index < -0.39 is 22.0 Å². The maximum atomic E-state index is 12.2. The molecule has 2 rings (SSSR count). The van der Waals surface area contributed by atoms with E-state index in [1.165, 1.54) is 16.8 Å². The van der Waals surface area contributed by atoms with Gasteiger partial charge in [-0.15, -0.1) is 0 Å². The van der Waals surface area contributed by atoms with Gasteiger partial charge in [0, 0.05) is 26.2 Å². The third kappa shape index (κ3) is 2.77. The molecule has 2 N–H and O–H groups in total. The molecular formula is C10H16N4O4S. The Morgan fingerprint density at radius 3 is 2.53 bits per heavy atom. The van der Waals surface area contributed by atoms with Gasteiger partial charge in [-0.05, 0) is 6.92 Å². The lowest BCUT2D eigenvalue weighted by Crippen LogP contribution is -2.53. The Morgan fingerprint density at radius 2 is 2.05 bits per heavy atom. The molecule has 106 valence electrons. The number of H-pyrrole nitrogens is 1. The lowest BCUT2D eigenvalue weighted by atomic mass is 10.2. The summed E-state index contributed by atoms with van der Waals surface area (Å²) < 4.78 is 25.7. The number of imidazole rings is 1. The summed E-state index contributed by atoms with van der Waals surface area (Å²) in [6, 6.07) is -0.600. The molecule has 1 fully saturated rings. The number of aromatic amines is 1. The lowest BCUT2D eigenvalue weighted by Gasteiger charge is -2.35. The Labute approximate surface area is 111 Å². The summed E-state index contributed by atoms with van der Waals surface area (Å²) in [6.07, 6.45) is 2.58. The smallest absolute Gasteiger partial charge is 0.320 e. The summed E-state index contributed by atoms with van der Waals surface area (Å²) in [4.78, 5) is 18.9. The molecule has 1 atom stereocenters. The molecule has 0 aromatic carbocycles. The molecule has 9 heteroatoms. The number of carboxylic acid groups (broad SMARTS) is 1. The van der Waals surface area contributed by atoms with E-state index in [1.807, 2.05) is 0 Å². The van der Waals surface area contributed by atoms with E-state index in [2.05, 4.69) is 9.97 Å². The van der Waals surface area contributed by atoms with E-state index >= 15 is 0 Å². The third-order valence-electron chi connectivity index (χ3n) is 3.27. The third-order valence-corrected chi connectivity index (χ3v) is 5.09. The van der Waals surface area contributed by atoms with Gasteiger partial charge in [-0.2, -0.15) is 4.31 Å². The molecule has 2 heterocycles. The second-order valence-electron chi connectivity index (χ2n) is 4.37. The number of nitrogens with one attached hydrogen (secondary N) is 1. The minimum Gasteiger partial charge on any atom is -0.480 e. The van der Waals surface area contributed by atoms with Crippen LogP contribution in [0.1, 0.15) is 6.92 Å². The van der Waals surface area contributed by atoms with Gasteiger partial charge in [-0.1, -0.05) is 0 Å². The van der Waals surface area contributed by atoms with Crippen molar-refractivity contribution < 1.29 is 18.3 Å². The molecule has 1 saturated heterocycles. The first-order valence-electron chi connectivity index (χ1n) is 5.88. The number of rotatable bonds is 4. The Balaban J connectivity index is 2.03. The van der Waals surface area contributed by atoms with Gasteiger partial charge < -0.3 is 10.1 Å². The monoisotopic (exact) mass is 288 g/mol. The van der Waals surface area contributed by atoms with Gasteiger partial charge in [0.2, 0.25) is 0 Å². The summed E-state index contributed by atoms with van der Waals surface area (Å²) >= 11 is 0. The van der Waals surface area contributed by atoms with Crippen LogP contribution in [0.25, 0.3) is 0 Å². The molecule has 0 amide bonds. The van der Waals surface area contributed by atoms with Crippen LogP contribution in [0, 0.1) is 0 Å². The van der Waals surface area contributed by atoms with Crippen LogP contribution in [0.4, 0.5) is 0 Å². The zero-order valence-corrected chi connectivity index (χ0v) is 11.3. The van der Waals surface area contributed by atoms with E-state index in [4.69, 9.17) is 5.11 Å². The van der Waals surface area contributed by atoms with Crippen LogP contribution in [0.5, 0.6) is 0 Å². The number of piperazine rings is 1. The molecule has 1 unspecified atom stereocenters. The van der Waals surface area contributed by atoms with Gasteiger partial charge in [-0.3, -0.25) is 9.69 Å². The molecule has 0 radical (unpaired) electrons. The van der Waals surface area contributed by atoms with Crippen molar-refractivity contribution in [3.8, 4) is 0 Å². The van der Waals surface area contributed by atoms with Crippen LogP contribution >= 0.6 is 0 Å². The minimum atomic E-state index is -3.55. The Hall–Kier alpha value is -1.45. The second-order valence-corrected chi connectivity index (χ2v) is 6.28. The highest BCUT2D eigenvalue weighted by Gasteiger charge is 2.32. The van der Waals surface area contributed by atoms with Crippen LogP contribution in [0.3, 0.4) is 0 Å². The highest BCUT2D eigenvalue weighted by molar-refractivity contribution is 7.89. The fourth-order valence-electron chi connectivity index (χ4n) is 2.01. The summed E-state index contributed by atoms with van der Waals surface area (Å²) in [5.41, 5.74) is 0. The van der Waals surface area contributed by atoms with Crippen LogP contribution in [-0.2, 0) is 14.8 Å². The fraction of sp³-hybridized carbons (Fsp3) is 0.600. The van der Waals surface area contributed by atoms with Crippen LogP contribution in [0.15, 0.2) is 17.6 Å². The molecule has 19 heavy (non-hydrogen) atoms. The number of carboxylic acids is 1. The predicted molar refractivity (Wildman–Crippen MR) is 66.0 cm³/mol. The Bertz CT molecular complexity index is 534. The number of hydrogen-bond donors (Lipinski definition) is 2. The average molecular weight is 288 g/mol. The minimum absolute atomic E-state index is 0.0623. The van der Waals surface area contributed by atoms with Crippen molar-refractivity contribution in [3.05, 3.63) is 12.5 Å². The van der Waals surface area contributed by atoms with Crippen molar-refractivity contribution >= 4 is 16.0 Å². The summed E-state index contributed by atoms with van der Waals surface area (Å²) in [5, 5.41) is 8.99. The molecular weight excluding hydrogens is 272 g/mol. The standard InChI is InChI=1S/C10H16N4O4S/c1-8(10(15)16)13-2-4-14(5-3-13)19(17,18)9-6-11-7-12-9/h6-8H,2-5H2,1H3,(H,11,12)(H,15,16). The van der Waals surface area contributed by atoms with Crippen LogP contribution in [-0.4, -0.2) is 70.9 Å². The van der Waals surface area contributed by atoms with E-state index in [-0.39, 0.29) is 18.1 Å². The number of aromatic nitrogens is 2. The molecule has 8 nitrogen and oxygen atoms in total. The largest absolute Gasteiger partial charge is 0.480 e. The molecule has 1 aliphatic heterocycles. The molecule has 1 aliphatic rings. The van der Waals surface area contributed by atoms with Crippen molar-refractivity contribution in [2.45, 2.75) is 18.0 Å². The number of nitrogens with zero attached hydrogens (tertiary/aromatic N) is 3. The first-order valence-corrected chi connectivity index (χ1v) is 7.32. The van der Waals surface area contributed by atoms with Gasteiger partial charge >= 0.3 is 5.97 Å². The number of hydrogen-bond acceptors (Lipinski definition) is 5. The first-order chi connectivity index (χ1) is 8.93. The van der Waals surface area contributed by atoms with Crippen molar-refractivity contribution in [1.29, 1.82) is 0 Å². The quantitative estimate of drug-likeness (QED) is 0.750. The van der Waals surface area contributed by atoms with Crippen LogP contribution in [0.2, 0.25) is 0 Å². The molecule has 1 aromatic rings. The van der Waals surface area contributed by atoms with Gasteiger partial charge in [-0.25, -0.2) is 13.4 Å². The summed E-state index contributed by atoms with van der Waals surface area (Å²) in [6.45, 7) is 2.96. The number of sulfonamides is 1. The summed E-state index contributed by atoms with van der Waals surface area (Å²) in [5.74, 6) is -0.898. The van der Waals surface area contributed by atoms with E-state index in [0.29, 0.717) is 13.1 Å². The topological polar surface area (TPSA) is 107 Å².